The Morgan fingerprint density at radius 2 is 2.00 bits per heavy atom. The molecule has 0 spiro atoms. The van der Waals surface area contributed by atoms with E-state index in [1.54, 1.807) is 0 Å². The third-order valence-corrected chi connectivity index (χ3v) is 0. The molecule has 0 atom stereocenters. The van der Waals surface area contributed by atoms with Crippen LogP contribution in [0.15, 0.2) is 0 Å². The van der Waals surface area contributed by atoms with Crippen molar-refractivity contribution in [3.05, 3.63) is 10.1 Å². The normalized spacial score (nSPS) is 4.80. The van der Waals surface area contributed by atoms with Crippen molar-refractivity contribution in [2.75, 3.05) is 0 Å². The van der Waals surface area contributed by atoms with Crippen LogP contribution in [-0.4, -0.2) is 10.3 Å². The average Bonchev–Trinajstić information content (AvgIpc) is 0.811. The first-order valence-electron chi connectivity index (χ1n) is 0.565. The predicted molar refractivity (Wildman–Crippen MR) is 15.5 cm³/mol. The van der Waals surface area contributed by atoms with Crippen LogP contribution in [0.4, 0.5) is 0 Å². The van der Waals surface area contributed by atoms with Gasteiger partial charge in [-0.25, -0.2) is 0 Å². The molecule has 0 aromatic heterocycles. The van der Waals surface area contributed by atoms with E-state index in [1.165, 1.54) is 0 Å². The molecule has 0 aliphatic heterocycles. The van der Waals surface area contributed by atoms with Crippen LogP contribution < -0.4 is 0 Å². The summed E-state index contributed by atoms with van der Waals surface area (Å²) in [4.78, 5) is 8.36. The zero-order valence-electron chi connectivity index (χ0n) is 8.29. The van der Waals surface area contributed by atoms with Crippen LogP contribution in [0, 0.1) is 45.7 Å². The molecule has 0 saturated carbocycles. The summed E-state index contributed by atoms with van der Waals surface area (Å²) in [6, 6.07) is 0. The molecule has 1 radical (unpaired) electrons. The smallest absolute Gasteiger partial charge is 0.291 e. The molecule has 1 N–H and O–H groups in total. The van der Waals surface area contributed by atoms with Gasteiger partial charge in [0.15, 0.2) is 0 Å². The molecule has 0 amide bonds. The Kier molecular flexibility index (Phi) is 7.95. The van der Waals surface area contributed by atoms with Crippen LogP contribution >= 0.6 is 0 Å². The topological polar surface area (TPSA) is 63.4 Å². The molecule has 0 aliphatic carbocycles. The molecule has 5 heavy (non-hydrogen) atoms. The molecule has 0 heterocycles. The van der Waals surface area contributed by atoms with Crippen molar-refractivity contribution in [2.24, 2.45) is 0 Å². The fourth-order valence-corrected chi connectivity index (χ4v) is 0. The Hall–Kier alpha value is 0.395. The van der Waals surface area contributed by atoms with Crippen molar-refractivity contribution in [2.45, 2.75) is 0 Å². The van der Waals surface area contributed by atoms with Crippen LogP contribution in [0.1, 0.15) is 8.56 Å². The number of hydrogen-bond acceptors (Lipinski definition) is 2. The number of rotatable bonds is 0. The van der Waals surface area contributed by atoms with E-state index in [0.29, 0.717) is 0 Å². The molecule has 5 heteroatoms. The van der Waals surface area contributed by atoms with E-state index in [9.17, 15) is 0 Å². The standard InChI is InChI=1S/La.HNO3.6H/c;2-1(3)4;;;;;;/h;(H,2,3,4);;;;;;/q;;6*-1. The second-order valence-corrected chi connectivity index (χ2v) is 0.238. The zero-order chi connectivity index (χ0) is 3.58. The largest absolute Gasteiger partial charge is 1.00 e. The van der Waals surface area contributed by atoms with E-state index >= 15 is 0 Å². The molecular weight excluding hydrogens is 201 g/mol. The predicted octanol–water partition coefficient (Wildman–Crippen LogP) is 0.327. The van der Waals surface area contributed by atoms with E-state index in [-0.39, 0.29) is 44.2 Å². The van der Waals surface area contributed by atoms with Crippen molar-refractivity contribution in [1.82, 2.24) is 0 Å². The Balaban J connectivity index is -0.00000000214. The first kappa shape index (κ1) is 9.04. The first-order valence-corrected chi connectivity index (χ1v) is 0.565. The summed E-state index contributed by atoms with van der Waals surface area (Å²) in [6.07, 6.45) is 0. The Morgan fingerprint density at radius 3 is 2.00 bits per heavy atom. The Labute approximate surface area is 64.8 Å². The summed E-state index contributed by atoms with van der Waals surface area (Å²) in [5, 5.41) is 13.6. The van der Waals surface area contributed by atoms with E-state index < -0.39 is 5.09 Å². The van der Waals surface area contributed by atoms with Crippen LogP contribution in [0.5, 0.6) is 0 Å². The third kappa shape index (κ3) is 162. The summed E-state index contributed by atoms with van der Waals surface area (Å²) in [5.41, 5.74) is 0. The van der Waals surface area contributed by atoms with Gasteiger partial charge in [-0.1, -0.05) is 0 Å². The summed E-state index contributed by atoms with van der Waals surface area (Å²) < 4.78 is 0. The van der Waals surface area contributed by atoms with Crippen LogP contribution in [0.3, 0.4) is 0 Å². The second-order valence-electron chi connectivity index (χ2n) is 0.238. The summed E-state index contributed by atoms with van der Waals surface area (Å²) >= 11 is 0. The van der Waals surface area contributed by atoms with Gasteiger partial charge in [-0.15, -0.1) is 10.1 Å². The van der Waals surface area contributed by atoms with Crippen LogP contribution in [-0.2, 0) is 0 Å². The molecule has 0 aromatic carbocycles. The van der Waals surface area contributed by atoms with Gasteiger partial charge in [-0.05, 0) is 0 Å². The summed E-state index contributed by atoms with van der Waals surface area (Å²) in [5.74, 6) is 0. The molecule has 0 bridgehead atoms. The molecule has 0 unspecified atom stereocenters. The summed E-state index contributed by atoms with van der Waals surface area (Å²) in [7, 11) is 0. The third-order valence-electron chi connectivity index (χ3n) is 0. The molecule has 39 valence electrons. The maximum absolute atomic E-state index is 8.36. The van der Waals surface area contributed by atoms with Gasteiger partial charge in [-0.2, -0.15) is 0 Å². The number of nitrogens with zero attached hydrogens (tertiary/aromatic N) is 1. The minimum atomic E-state index is -1.50. The van der Waals surface area contributed by atoms with Gasteiger partial charge in [0, 0.05) is 35.6 Å². The van der Waals surface area contributed by atoms with Gasteiger partial charge in [0.25, 0.3) is 5.09 Å². The maximum Gasteiger partial charge on any atom is 0.291 e. The molecular formula is H7LaNO3-6. The van der Waals surface area contributed by atoms with Crippen molar-refractivity contribution in [3.63, 3.8) is 0 Å². The second kappa shape index (κ2) is 4.39. The van der Waals surface area contributed by atoms with Crippen molar-refractivity contribution in [1.29, 1.82) is 0 Å². The SMILES string of the molecule is O=[N+]([O-])O.[H-].[H-].[H-].[H-].[H-].[H-].[La]. The monoisotopic (exact) mass is 208 g/mol. The zero-order valence-corrected chi connectivity index (χ0v) is 5.91. The number of hydrogen-bond donors (Lipinski definition) is 1. The van der Waals surface area contributed by atoms with Gasteiger partial charge in [0.1, 0.15) is 0 Å². The first-order chi connectivity index (χ1) is 1.73. The minimum Gasteiger partial charge on any atom is -1.00 e. The Bertz CT molecular complexity index is 40.8. The van der Waals surface area contributed by atoms with Gasteiger partial charge in [0.2, 0.25) is 0 Å². The van der Waals surface area contributed by atoms with Gasteiger partial charge >= 0.3 is 0 Å². The van der Waals surface area contributed by atoms with Crippen molar-refractivity contribution < 1.29 is 54.5 Å². The fourth-order valence-electron chi connectivity index (χ4n) is 0. The molecule has 0 fully saturated rings. The fraction of sp³-hybridized carbons (Fsp3) is 0. The average molecular weight is 208 g/mol. The van der Waals surface area contributed by atoms with E-state index in [2.05, 4.69) is 0 Å². The van der Waals surface area contributed by atoms with E-state index in [0.717, 1.165) is 0 Å². The molecule has 0 aliphatic rings. The minimum absolute atomic E-state index is 0. The molecule has 0 rings (SSSR count). The Morgan fingerprint density at radius 1 is 2.00 bits per heavy atom. The van der Waals surface area contributed by atoms with Crippen LogP contribution in [0.2, 0.25) is 0 Å². The maximum atomic E-state index is 8.36. The van der Waals surface area contributed by atoms with Gasteiger partial charge in [-0.3, -0.25) is 0 Å². The van der Waals surface area contributed by atoms with E-state index in [4.69, 9.17) is 15.3 Å². The molecule has 4 nitrogen and oxygen atoms in total. The molecule has 0 saturated heterocycles. The van der Waals surface area contributed by atoms with Gasteiger partial charge < -0.3 is 13.8 Å². The van der Waals surface area contributed by atoms with E-state index in [1.807, 2.05) is 0 Å². The van der Waals surface area contributed by atoms with Crippen molar-refractivity contribution in [3.8, 4) is 0 Å². The quantitative estimate of drug-likeness (QED) is 0.460. The van der Waals surface area contributed by atoms with Crippen molar-refractivity contribution >= 4 is 0 Å². The summed E-state index contributed by atoms with van der Waals surface area (Å²) in [6.45, 7) is 0. The van der Waals surface area contributed by atoms with Crippen LogP contribution in [0.25, 0.3) is 0 Å². The molecule has 0 aromatic rings. The van der Waals surface area contributed by atoms with Gasteiger partial charge in [0.05, 0.1) is 0 Å².